The number of furan rings is 1. The molecule has 1 aromatic heterocycles. The summed E-state index contributed by atoms with van der Waals surface area (Å²) in [6, 6.07) is 11.1. The van der Waals surface area contributed by atoms with Gasteiger partial charge in [0.05, 0.1) is 13.2 Å². The smallest absolute Gasteiger partial charge is 0.193 e. The van der Waals surface area contributed by atoms with Gasteiger partial charge in [-0.1, -0.05) is 12.1 Å². The number of benzene rings is 1. The summed E-state index contributed by atoms with van der Waals surface area (Å²) >= 11 is 5.71. The Morgan fingerprint density at radius 3 is 2.47 bits per heavy atom. The van der Waals surface area contributed by atoms with Crippen molar-refractivity contribution < 1.29 is 9.15 Å². The van der Waals surface area contributed by atoms with Crippen LogP contribution in [0, 0.1) is 0 Å². The van der Waals surface area contributed by atoms with Gasteiger partial charge in [-0.25, -0.2) is 0 Å². The number of halogens is 1. The first kappa shape index (κ1) is 12.0. The minimum absolute atomic E-state index is 0.184. The Kier molecular flexibility index (Phi) is 3.71. The second kappa shape index (κ2) is 5.25. The average Bonchev–Trinajstić information content (AvgIpc) is 2.77. The van der Waals surface area contributed by atoms with E-state index in [1.807, 2.05) is 24.3 Å². The van der Waals surface area contributed by atoms with Crippen LogP contribution in [-0.4, -0.2) is 7.11 Å². The topological polar surface area (TPSA) is 48.4 Å². The molecule has 0 saturated heterocycles. The Balaban J connectivity index is 2.04. The minimum Gasteiger partial charge on any atom is -0.497 e. The standard InChI is InChI=1S/C13H14ClNO2/c1-16-10-4-2-9(3-5-10)8-11(15)12-6-7-13(14)17-12/h2-7,11H,8,15H2,1H3. The molecular formula is C13H14ClNO2. The quantitative estimate of drug-likeness (QED) is 0.908. The first-order chi connectivity index (χ1) is 8.19. The van der Waals surface area contributed by atoms with Gasteiger partial charge in [0.15, 0.2) is 5.22 Å². The lowest BCUT2D eigenvalue weighted by Gasteiger charge is -2.09. The molecule has 0 aliphatic carbocycles. The van der Waals surface area contributed by atoms with E-state index in [2.05, 4.69) is 0 Å². The average molecular weight is 252 g/mol. The maximum absolute atomic E-state index is 6.03. The highest BCUT2D eigenvalue weighted by atomic mass is 35.5. The molecule has 0 fully saturated rings. The highest BCUT2D eigenvalue weighted by Gasteiger charge is 2.11. The largest absolute Gasteiger partial charge is 0.497 e. The van der Waals surface area contributed by atoms with Crippen molar-refractivity contribution in [2.75, 3.05) is 7.11 Å². The van der Waals surface area contributed by atoms with E-state index in [1.54, 1.807) is 19.2 Å². The monoisotopic (exact) mass is 251 g/mol. The van der Waals surface area contributed by atoms with Crippen LogP contribution in [0.4, 0.5) is 0 Å². The molecular weight excluding hydrogens is 238 g/mol. The van der Waals surface area contributed by atoms with Gasteiger partial charge in [0.25, 0.3) is 0 Å². The minimum atomic E-state index is -0.184. The molecule has 0 radical (unpaired) electrons. The van der Waals surface area contributed by atoms with Crippen LogP contribution in [0.3, 0.4) is 0 Å². The van der Waals surface area contributed by atoms with E-state index in [-0.39, 0.29) is 6.04 Å². The highest BCUT2D eigenvalue weighted by molar-refractivity contribution is 6.28. The number of nitrogens with two attached hydrogens (primary N) is 1. The first-order valence-corrected chi connectivity index (χ1v) is 5.70. The summed E-state index contributed by atoms with van der Waals surface area (Å²) in [6.07, 6.45) is 0.702. The molecule has 3 nitrogen and oxygen atoms in total. The number of methoxy groups -OCH3 is 1. The van der Waals surface area contributed by atoms with Crippen LogP contribution in [0.15, 0.2) is 40.8 Å². The van der Waals surface area contributed by atoms with Crippen molar-refractivity contribution in [2.45, 2.75) is 12.5 Å². The second-order valence-corrected chi connectivity index (χ2v) is 4.17. The molecule has 2 rings (SSSR count). The predicted molar refractivity (Wildman–Crippen MR) is 67.3 cm³/mol. The molecule has 2 aromatic rings. The van der Waals surface area contributed by atoms with Gasteiger partial charge in [-0.2, -0.15) is 0 Å². The molecule has 0 bridgehead atoms. The van der Waals surface area contributed by atoms with E-state index in [4.69, 9.17) is 26.5 Å². The summed E-state index contributed by atoms with van der Waals surface area (Å²) in [7, 11) is 1.64. The van der Waals surface area contributed by atoms with Crippen LogP contribution in [0.2, 0.25) is 5.22 Å². The Bertz CT molecular complexity index is 478. The Labute approximate surface area is 105 Å². The summed E-state index contributed by atoms with van der Waals surface area (Å²) in [5.41, 5.74) is 7.16. The van der Waals surface area contributed by atoms with Crippen molar-refractivity contribution in [3.05, 3.63) is 52.9 Å². The number of ether oxygens (including phenoxy) is 1. The zero-order valence-electron chi connectivity index (χ0n) is 9.52. The molecule has 1 atom stereocenters. The van der Waals surface area contributed by atoms with Crippen molar-refractivity contribution in [2.24, 2.45) is 5.73 Å². The third-order valence-corrected chi connectivity index (χ3v) is 2.78. The maximum Gasteiger partial charge on any atom is 0.193 e. The maximum atomic E-state index is 6.03. The third-order valence-electron chi connectivity index (χ3n) is 2.57. The van der Waals surface area contributed by atoms with Crippen LogP contribution >= 0.6 is 11.6 Å². The normalized spacial score (nSPS) is 12.4. The molecule has 1 heterocycles. The molecule has 4 heteroatoms. The van der Waals surface area contributed by atoms with Crippen LogP contribution < -0.4 is 10.5 Å². The molecule has 90 valence electrons. The van der Waals surface area contributed by atoms with Gasteiger partial charge in [0, 0.05) is 0 Å². The third kappa shape index (κ3) is 3.02. The highest BCUT2D eigenvalue weighted by Crippen LogP contribution is 2.22. The van der Waals surface area contributed by atoms with Gasteiger partial charge >= 0.3 is 0 Å². The molecule has 0 saturated carbocycles. The fourth-order valence-electron chi connectivity index (χ4n) is 1.64. The fourth-order valence-corrected chi connectivity index (χ4v) is 1.80. The van der Waals surface area contributed by atoms with Crippen LogP contribution in [0.5, 0.6) is 5.75 Å². The van der Waals surface area contributed by atoms with Gasteiger partial charge < -0.3 is 14.9 Å². The van der Waals surface area contributed by atoms with E-state index < -0.39 is 0 Å². The van der Waals surface area contributed by atoms with Crippen molar-refractivity contribution in [3.8, 4) is 5.75 Å². The van der Waals surface area contributed by atoms with Gasteiger partial charge in [-0.05, 0) is 47.9 Å². The van der Waals surface area contributed by atoms with Crippen molar-refractivity contribution in [1.82, 2.24) is 0 Å². The van der Waals surface area contributed by atoms with E-state index >= 15 is 0 Å². The van der Waals surface area contributed by atoms with Gasteiger partial charge in [0.2, 0.25) is 0 Å². The molecule has 1 aromatic carbocycles. The summed E-state index contributed by atoms with van der Waals surface area (Å²) in [5, 5.41) is 0.366. The van der Waals surface area contributed by atoms with Crippen molar-refractivity contribution in [1.29, 1.82) is 0 Å². The van der Waals surface area contributed by atoms with E-state index in [0.29, 0.717) is 17.4 Å². The zero-order valence-corrected chi connectivity index (χ0v) is 10.3. The molecule has 0 aliphatic heterocycles. The Hall–Kier alpha value is -1.45. The predicted octanol–water partition coefficient (Wildman–Crippen LogP) is 3.18. The summed E-state index contributed by atoms with van der Waals surface area (Å²) < 4.78 is 10.4. The Morgan fingerprint density at radius 2 is 1.94 bits per heavy atom. The van der Waals surface area contributed by atoms with Crippen LogP contribution in [-0.2, 0) is 6.42 Å². The summed E-state index contributed by atoms with van der Waals surface area (Å²) in [5.74, 6) is 1.54. The molecule has 0 amide bonds. The Morgan fingerprint density at radius 1 is 1.24 bits per heavy atom. The van der Waals surface area contributed by atoms with Crippen molar-refractivity contribution in [3.63, 3.8) is 0 Å². The number of hydrogen-bond acceptors (Lipinski definition) is 3. The van der Waals surface area contributed by atoms with Gasteiger partial charge in [-0.15, -0.1) is 0 Å². The summed E-state index contributed by atoms with van der Waals surface area (Å²) in [6.45, 7) is 0. The molecule has 2 N–H and O–H groups in total. The molecule has 1 unspecified atom stereocenters. The first-order valence-electron chi connectivity index (χ1n) is 5.33. The summed E-state index contributed by atoms with van der Waals surface area (Å²) in [4.78, 5) is 0. The van der Waals surface area contributed by atoms with E-state index in [1.165, 1.54) is 0 Å². The molecule has 0 spiro atoms. The lowest BCUT2D eigenvalue weighted by Crippen LogP contribution is -2.12. The van der Waals surface area contributed by atoms with Gasteiger partial charge in [0.1, 0.15) is 11.5 Å². The van der Waals surface area contributed by atoms with Crippen molar-refractivity contribution >= 4 is 11.6 Å². The molecule has 17 heavy (non-hydrogen) atoms. The second-order valence-electron chi connectivity index (χ2n) is 3.80. The van der Waals surface area contributed by atoms with Crippen LogP contribution in [0.25, 0.3) is 0 Å². The van der Waals surface area contributed by atoms with E-state index in [9.17, 15) is 0 Å². The lowest BCUT2D eigenvalue weighted by molar-refractivity contribution is 0.414. The zero-order chi connectivity index (χ0) is 12.3. The van der Waals surface area contributed by atoms with Gasteiger partial charge in [-0.3, -0.25) is 0 Å². The molecule has 0 aliphatic rings. The SMILES string of the molecule is COc1ccc(CC(N)c2ccc(Cl)o2)cc1. The number of rotatable bonds is 4. The fraction of sp³-hybridized carbons (Fsp3) is 0.231. The number of hydrogen-bond donors (Lipinski definition) is 1. The van der Waals surface area contributed by atoms with E-state index in [0.717, 1.165) is 11.3 Å². The lowest BCUT2D eigenvalue weighted by atomic mass is 10.0. The van der Waals surface area contributed by atoms with Crippen LogP contribution in [0.1, 0.15) is 17.4 Å².